The molecule has 0 aromatic heterocycles. The van der Waals surface area contributed by atoms with Gasteiger partial charge in [-0.05, 0) is 44.5 Å². The van der Waals surface area contributed by atoms with Crippen LogP contribution in [0.2, 0.25) is 0 Å². The second kappa shape index (κ2) is 8.55. The molecule has 1 unspecified atom stereocenters. The van der Waals surface area contributed by atoms with Crippen molar-refractivity contribution in [2.45, 2.75) is 26.3 Å². The number of methoxy groups -OCH3 is 1. The van der Waals surface area contributed by atoms with Gasteiger partial charge in [-0.3, -0.25) is 4.79 Å². The van der Waals surface area contributed by atoms with Crippen molar-refractivity contribution in [1.29, 1.82) is 0 Å². The predicted molar refractivity (Wildman–Crippen MR) is 83.1 cm³/mol. The summed E-state index contributed by atoms with van der Waals surface area (Å²) >= 11 is 0. The molecule has 0 saturated carbocycles. The molecule has 1 rings (SSSR count). The Labute approximate surface area is 121 Å². The number of benzene rings is 1. The van der Waals surface area contributed by atoms with Crippen LogP contribution in [0, 0.1) is 0 Å². The van der Waals surface area contributed by atoms with Crippen molar-refractivity contribution in [2.24, 2.45) is 5.73 Å². The highest BCUT2D eigenvalue weighted by molar-refractivity contribution is 5.94. The van der Waals surface area contributed by atoms with Crippen LogP contribution in [0.3, 0.4) is 0 Å². The third kappa shape index (κ3) is 4.83. The first-order valence-corrected chi connectivity index (χ1v) is 7.02. The lowest BCUT2D eigenvalue weighted by atomic mass is 10.2. The molecule has 0 saturated heterocycles. The van der Waals surface area contributed by atoms with Gasteiger partial charge in [0, 0.05) is 38.2 Å². The van der Waals surface area contributed by atoms with Crippen LogP contribution in [-0.4, -0.2) is 38.8 Å². The zero-order valence-corrected chi connectivity index (χ0v) is 12.6. The number of amides is 1. The van der Waals surface area contributed by atoms with E-state index in [-0.39, 0.29) is 5.91 Å². The molecule has 3 N–H and O–H groups in total. The Morgan fingerprint density at radius 2 is 1.90 bits per heavy atom. The lowest BCUT2D eigenvalue weighted by Crippen LogP contribution is -2.36. The van der Waals surface area contributed by atoms with Gasteiger partial charge in [-0.25, -0.2) is 0 Å². The van der Waals surface area contributed by atoms with Crippen LogP contribution in [0.15, 0.2) is 24.3 Å². The summed E-state index contributed by atoms with van der Waals surface area (Å²) in [5.41, 5.74) is 7.68. The van der Waals surface area contributed by atoms with Crippen LogP contribution >= 0.6 is 0 Å². The second-order valence-corrected chi connectivity index (χ2v) is 4.60. The molecule has 0 aliphatic heterocycles. The van der Waals surface area contributed by atoms with Gasteiger partial charge in [0.1, 0.15) is 0 Å². The Bertz CT molecular complexity index is 402. The lowest BCUT2D eigenvalue weighted by Gasteiger charge is -2.21. The van der Waals surface area contributed by atoms with E-state index in [0.717, 1.165) is 24.5 Å². The zero-order chi connectivity index (χ0) is 15.0. The predicted octanol–water partition coefficient (Wildman–Crippen LogP) is 1.84. The molecule has 0 fully saturated rings. The molecule has 112 valence electrons. The number of carbonyl (C=O) groups is 1. The molecule has 1 atom stereocenters. The standard InChI is InChI=1S/C15H25N3O2/c1-4-18(5-2)13-8-6-12(7-9-13)17-15(19)14(16)10-11-20-3/h6-9,14H,4-5,10-11,16H2,1-3H3,(H,17,19). The van der Waals surface area contributed by atoms with Gasteiger partial charge < -0.3 is 20.7 Å². The topological polar surface area (TPSA) is 67.6 Å². The number of rotatable bonds is 8. The molecule has 0 radical (unpaired) electrons. The normalized spacial score (nSPS) is 12.0. The first-order chi connectivity index (χ1) is 9.62. The third-order valence-corrected chi connectivity index (χ3v) is 3.23. The summed E-state index contributed by atoms with van der Waals surface area (Å²) in [6.45, 7) is 6.64. The quantitative estimate of drug-likeness (QED) is 0.762. The first-order valence-electron chi connectivity index (χ1n) is 7.02. The Hall–Kier alpha value is -1.59. The van der Waals surface area contributed by atoms with E-state index < -0.39 is 6.04 Å². The second-order valence-electron chi connectivity index (χ2n) is 4.60. The van der Waals surface area contributed by atoms with E-state index in [1.54, 1.807) is 7.11 Å². The maximum atomic E-state index is 11.8. The Morgan fingerprint density at radius 1 is 1.30 bits per heavy atom. The van der Waals surface area contributed by atoms with Gasteiger partial charge in [-0.2, -0.15) is 0 Å². The molecular weight excluding hydrogens is 254 g/mol. The number of ether oxygens (including phenoxy) is 1. The fourth-order valence-electron chi connectivity index (χ4n) is 1.96. The van der Waals surface area contributed by atoms with Crippen LogP contribution in [0.25, 0.3) is 0 Å². The van der Waals surface area contributed by atoms with E-state index in [0.29, 0.717) is 13.0 Å². The molecule has 1 amide bonds. The smallest absolute Gasteiger partial charge is 0.241 e. The van der Waals surface area contributed by atoms with E-state index in [2.05, 4.69) is 24.1 Å². The summed E-state index contributed by atoms with van der Waals surface area (Å²) in [7, 11) is 1.59. The molecule has 1 aromatic carbocycles. The number of anilines is 2. The van der Waals surface area contributed by atoms with E-state index in [1.807, 2.05) is 24.3 Å². The highest BCUT2D eigenvalue weighted by Gasteiger charge is 2.13. The molecule has 5 heteroatoms. The summed E-state index contributed by atoms with van der Waals surface area (Å²) < 4.78 is 4.91. The van der Waals surface area contributed by atoms with Crippen LogP contribution in [0.1, 0.15) is 20.3 Å². The van der Waals surface area contributed by atoms with Gasteiger partial charge in [0.05, 0.1) is 6.04 Å². The van der Waals surface area contributed by atoms with Gasteiger partial charge in [-0.1, -0.05) is 0 Å². The van der Waals surface area contributed by atoms with E-state index in [4.69, 9.17) is 10.5 Å². The highest BCUT2D eigenvalue weighted by atomic mass is 16.5. The van der Waals surface area contributed by atoms with Crippen molar-refractivity contribution < 1.29 is 9.53 Å². The SMILES string of the molecule is CCN(CC)c1ccc(NC(=O)C(N)CCOC)cc1. The van der Waals surface area contributed by atoms with E-state index in [9.17, 15) is 4.79 Å². The van der Waals surface area contributed by atoms with E-state index >= 15 is 0 Å². The van der Waals surface area contributed by atoms with Gasteiger partial charge >= 0.3 is 0 Å². The van der Waals surface area contributed by atoms with Gasteiger partial charge in [0.15, 0.2) is 0 Å². The van der Waals surface area contributed by atoms with E-state index in [1.165, 1.54) is 0 Å². The van der Waals surface area contributed by atoms with Crippen molar-refractivity contribution in [3.63, 3.8) is 0 Å². The molecule has 5 nitrogen and oxygen atoms in total. The average Bonchev–Trinajstić information content (AvgIpc) is 2.47. The summed E-state index contributed by atoms with van der Waals surface area (Å²) in [5, 5.41) is 2.81. The minimum absolute atomic E-state index is 0.183. The number of nitrogens with zero attached hydrogens (tertiary/aromatic N) is 1. The molecule has 0 heterocycles. The lowest BCUT2D eigenvalue weighted by molar-refractivity contribution is -0.117. The summed E-state index contributed by atoms with van der Waals surface area (Å²) in [6, 6.07) is 7.26. The maximum Gasteiger partial charge on any atom is 0.241 e. The molecule has 20 heavy (non-hydrogen) atoms. The minimum Gasteiger partial charge on any atom is -0.385 e. The Kier molecular flexibility index (Phi) is 7.04. The first kappa shape index (κ1) is 16.5. The summed E-state index contributed by atoms with van der Waals surface area (Å²) in [4.78, 5) is 14.1. The van der Waals surface area contributed by atoms with Crippen molar-refractivity contribution in [2.75, 3.05) is 37.0 Å². The highest BCUT2D eigenvalue weighted by Crippen LogP contribution is 2.17. The minimum atomic E-state index is -0.544. The molecule has 1 aromatic rings. The van der Waals surface area contributed by atoms with Crippen molar-refractivity contribution in [1.82, 2.24) is 0 Å². The number of hydrogen-bond donors (Lipinski definition) is 2. The largest absolute Gasteiger partial charge is 0.385 e. The number of hydrogen-bond acceptors (Lipinski definition) is 4. The van der Waals surface area contributed by atoms with Crippen LogP contribution in [0.5, 0.6) is 0 Å². The van der Waals surface area contributed by atoms with Crippen LogP contribution in [-0.2, 0) is 9.53 Å². The fourth-order valence-corrected chi connectivity index (χ4v) is 1.96. The monoisotopic (exact) mass is 279 g/mol. The number of nitrogens with one attached hydrogen (secondary N) is 1. The van der Waals surface area contributed by atoms with Crippen LogP contribution < -0.4 is 16.0 Å². The number of nitrogens with two attached hydrogens (primary N) is 1. The van der Waals surface area contributed by atoms with Crippen molar-refractivity contribution in [3.05, 3.63) is 24.3 Å². The van der Waals surface area contributed by atoms with Gasteiger partial charge in [0.2, 0.25) is 5.91 Å². The molecule has 0 aliphatic carbocycles. The fraction of sp³-hybridized carbons (Fsp3) is 0.533. The maximum absolute atomic E-state index is 11.8. The van der Waals surface area contributed by atoms with Crippen molar-refractivity contribution in [3.8, 4) is 0 Å². The molecule has 0 spiro atoms. The Balaban J connectivity index is 2.58. The van der Waals surface area contributed by atoms with Gasteiger partial charge in [0.25, 0.3) is 0 Å². The van der Waals surface area contributed by atoms with Gasteiger partial charge in [-0.15, -0.1) is 0 Å². The Morgan fingerprint density at radius 3 is 2.40 bits per heavy atom. The number of carbonyl (C=O) groups excluding carboxylic acids is 1. The molecule has 0 bridgehead atoms. The third-order valence-electron chi connectivity index (χ3n) is 3.23. The zero-order valence-electron chi connectivity index (χ0n) is 12.6. The summed E-state index contributed by atoms with van der Waals surface area (Å²) in [6.07, 6.45) is 0.514. The van der Waals surface area contributed by atoms with Crippen molar-refractivity contribution >= 4 is 17.3 Å². The van der Waals surface area contributed by atoms with Crippen LogP contribution in [0.4, 0.5) is 11.4 Å². The molecule has 0 aliphatic rings. The molecular formula is C15H25N3O2. The average molecular weight is 279 g/mol. The summed E-state index contributed by atoms with van der Waals surface area (Å²) in [5.74, 6) is -0.183.